The quantitative estimate of drug-likeness (QED) is 0.566. The average molecular weight is 424 g/mol. The largest absolute Gasteiger partial charge is 0.494 e. The van der Waals surface area contributed by atoms with Crippen LogP contribution in [0.25, 0.3) is 0 Å². The highest BCUT2D eigenvalue weighted by molar-refractivity contribution is 6.10. The van der Waals surface area contributed by atoms with Crippen molar-refractivity contribution in [3.05, 3.63) is 40.7 Å². The summed E-state index contributed by atoms with van der Waals surface area (Å²) in [6.45, 7) is 3.84. The first-order chi connectivity index (χ1) is 14.7. The molecular weight excluding hydrogens is 403 g/mol. The zero-order valence-corrected chi connectivity index (χ0v) is 17.3. The summed E-state index contributed by atoms with van der Waals surface area (Å²) in [5.74, 6) is 3.85. The highest BCUT2D eigenvalue weighted by Crippen LogP contribution is 2.32. The van der Waals surface area contributed by atoms with Crippen molar-refractivity contribution in [1.82, 2.24) is 15.5 Å². The first-order valence-electron chi connectivity index (χ1n) is 9.80. The van der Waals surface area contributed by atoms with Crippen molar-refractivity contribution in [1.29, 1.82) is 0 Å². The van der Waals surface area contributed by atoms with E-state index in [-0.39, 0.29) is 36.4 Å². The summed E-state index contributed by atoms with van der Waals surface area (Å²) in [7, 11) is 1.32. The second-order valence-electron chi connectivity index (χ2n) is 7.84. The molecule has 3 aliphatic rings. The third-order valence-corrected chi connectivity index (χ3v) is 5.72. The van der Waals surface area contributed by atoms with Gasteiger partial charge in [0.15, 0.2) is 11.6 Å². The lowest BCUT2D eigenvalue weighted by Crippen LogP contribution is -2.54. The standard InChI is InChI=1S/C22H21FN4O4/c1-12-8-14(9-24-13(12)2)6-7-22(20(29)25-21(30)26-22)11-27-10-15-4-5-16(31-3)18(23)17(15)19(27)28/h4-5,8-9,12-13H,10-11H2,1-3H3,(H2,25,26,29,30). The molecule has 0 spiro atoms. The van der Waals surface area contributed by atoms with Crippen LogP contribution in [0.1, 0.15) is 29.8 Å². The molecule has 3 unspecified atom stereocenters. The number of imide groups is 1. The summed E-state index contributed by atoms with van der Waals surface area (Å²) in [6.07, 6.45) is 3.56. The lowest BCUT2D eigenvalue weighted by molar-refractivity contribution is -0.122. The van der Waals surface area contributed by atoms with Crippen LogP contribution in [0.2, 0.25) is 0 Å². The maximum atomic E-state index is 14.6. The number of urea groups is 1. The van der Waals surface area contributed by atoms with Gasteiger partial charge < -0.3 is 15.0 Å². The monoisotopic (exact) mass is 424 g/mol. The van der Waals surface area contributed by atoms with Crippen molar-refractivity contribution in [2.45, 2.75) is 32.0 Å². The van der Waals surface area contributed by atoms with E-state index >= 15 is 0 Å². The van der Waals surface area contributed by atoms with Gasteiger partial charge in [0.25, 0.3) is 11.8 Å². The molecule has 1 aromatic rings. The Morgan fingerprint density at radius 3 is 2.74 bits per heavy atom. The van der Waals surface area contributed by atoms with Crippen LogP contribution in [0.3, 0.4) is 0 Å². The van der Waals surface area contributed by atoms with Crippen molar-refractivity contribution < 1.29 is 23.5 Å². The van der Waals surface area contributed by atoms with Crippen LogP contribution in [0, 0.1) is 23.6 Å². The minimum Gasteiger partial charge on any atom is -0.494 e. The van der Waals surface area contributed by atoms with Crippen LogP contribution in [0.5, 0.6) is 5.75 Å². The molecule has 0 aliphatic carbocycles. The van der Waals surface area contributed by atoms with Gasteiger partial charge in [0, 0.05) is 18.3 Å². The van der Waals surface area contributed by atoms with Gasteiger partial charge >= 0.3 is 6.03 Å². The normalized spacial score (nSPS) is 26.6. The predicted octanol–water partition coefficient (Wildman–Crippen LogP) is 1.41. The Kier molecular flexibility index (Phi) is 5.01. The third kappa shape index (κ3) is 3.54. The molecule has 4 rings (SSSR count). The zero-order valence-electron chi connectivity index (χ0n) is 17.3. The van der Waals surface area contributed by atoms with Gasteiger partial charge in [-0.05, 0) is 24.5 Å². The van der Waals surface area contributed by atoms with Crippen LogP contribution >= 0.6 is 0 Å². The van der Waals surface area contributed by atoms with Crippen LogP contribution in [0.4, 0.5) is 9.18 Å². The van der Waals surface area contributed by atoms with E-state index in [1.165, 1.54) is 18.1 Å². The number of allylic oxidation sites excluding steroid dienone is 1. The Morgan fingerprint density at radius 1 is 1.32 bits per heavy atom. The van der Waals surface area contributed by atoms with Crippen molar-refractivity contribution in [3.8, 4) is 17.6 Å². The molecule has 3 heterocycles. The maximum Gasteiger partial charge on any atom is 0.323 e. The molecule has 160 valence electrons. The molecule has 1 aromatic carbocycles. The van der Waals surface area contributed by atoms with E-state index in [0.29, 0.717) is 11.1 Å². The van der Waals surface area contributed by atoms with E-state index in [2.05, 4.69) is 27.5 Å². The van der Waals surface area contributed by atoms with Crippen molar-refractivity contribution in [2.75, 3.05) is 13.7 Å². The summed E-state index contributed by atoms with van der Waals surface area (Å²) >= 11 is 0. The molecule has 9 heteroatoms. The molecule has 1 saturated heterocycles. The van der Waals surface area contributed by atoms with E-state index in [1.807, 2.05) is 19.9 Å². The molecule has 2 N–H and O–H groups in total. The summed E-state index contributed by atoms with van der Waals surface area (Å²) in [5.41, 5.74) is -0.667. The fraction of sp³-hybridized carbons (Fsp3) is 0.364. The Labute approximate surface area is 178 Å². The van der Waals surface area contributed by atoms with Crippen molar-refractivity contribution >= 4 is 24.1 Å². The number of carbonyl (C=O) groups excluding carboxylic acids is 3. The number of amides is 4. The number of ether oxygens (including phenoxy) is 1. The molecule has 4 amide bonds. The van der Waals surface area contributed by atoms with E-state index in [0.717, 1.165) is 0 Å². The number of aliphatic imine (C=N–C) groups is 1. The fourth-order valence-electron chi connectivity index (χ4n) is 3.75. The fourth-order valence-corrected chi connectivity index (χ4v) is 3.75. The molecule has 31 heavy (non-hydrogen) atoms. The first kappa shape index (κ1) is 20.6. The van der Waals surface area contributed by atoms with Crippen molar-refractivity contribution in [2.24, 2.45) is 10.9 Å². The Bertz CT molecular complexity index is 1120. The molecule has 1 fully saturated rings. The van der Waals surface area contributed by atoms with E-state index < -0.39 is 29.2 Å². The molecular formula is C22H21FN4O4. The minimum absolute atomic E-state index is 0.0396. The van der Waals surface area contributed by atoms with Gasteiger partial charge in [0.1, 0.15) is 0 Å². The third-order valence-electron chi connectivity index (χ3n) is 5.72. The first-order valence-corrected chi connectivity index (χ1v) is 9.80. The van der Waals surface area contributed by atoms with Crippen LogP contribution in [0.15, 0.2) is 28.8 Å². The Balaban J connectivity index is 1.65. The summed E-state index contributed by atoms with van der Waals surface area (Å²) in [4.78, 5) is 43.1. The molecule has 0 aromatic heterocycles. The van der Waals surface area contributed by atoms with E-state index in [4.69, 9.17) is 4.74 Å². The molecule has 0 bridgehead atoms. The van der Waals surface area contributed by atoms with Gasteiger partial charge in [-0.25, -0.2) is 9.18 Å². The molecule has 0 saturated carbocycles. The summed E-state index contributed by atoms with van der Waals surface area (Å²) < 4.78 is 19.6. The molecule has 8 nitrogen and oxygen atoms in total. The van der Waals surface area contributed by atoms with Gasteiger partial charge in [-0.15, -0.1) is 0 Å². The number of methoxy groups -OCH3 is 1. The average Bonchev–Trinajstić information content (AvgIpc) is 3.19. The van der Waals surface area contributed by atoms with Crippen LogP contribution in [-0.4, -0.2) is 54.2 Å². The van der Waals surface area contributed by atoms with Gasteiger partial charge in [-0.3, -0.25) is 19.9 Å². The zero-order chi connectivity index (χ0) is 22.3. The van der Waals surface area contributed by atoms with E-state index in [9.17, 15) is 18.8 Å². The number of hydrogen-bond donors (Lipinski definition) is 2. The smallest absolute Gasteiger partial charge is 0.323 e. The van der Waals surface area contributed by atoms with Crippen LogP contribution < -0.4 is 15.4 Å². The molecule has 3 atom stereocenters. The lowest BCUT2D eigenvalue weighted by atomic mass is 9.96. The number of hydrogen-bond acceptors (Lipinski definition) is 5. The Hall–Kier alpha value is -3.67. The SMILES string of the molecule is COc1ccc2c(c1F)C(=O)N(CC1(C#CC3=CC(C)C(C)N=C3)NC(=O)NC1=O)C2. The molecule has 0 radical (unpaired) electrons. The summed E-state index contributed by atoms with van der Waals surface area (Å²) in [6, 6.07) is 2.47. The second-order valence-corrected chi connectivity index (χ2v) is 7.84. The number of carbonyl (C=O) groups is 3. The summed E-state index contributed by atoms with van der Waals surface area (Å²) in [5, 5.41) is 4.71. The second kappa shape index (κ2) is 7.54. The van der Waals surface area contributed by atoms with Gasteiger partial charge in [0.05, 0.1) is 25.3 Å². The highest BCUT2D eigenvalue weighted by Gasteiger charge is 2.48. The number of fused-ring (bicyclic) bond motifs is 1. The number of benzene rings is 1. The molecule has 3 aliphatic heterocycles. The van der Waals surface area contributed by atoms with Gasteiger partial charge in [-0.1, -0.05) is 30.9 Å². The van der Waals surface area contributed by atoms with Gasteiger partial charge in [-0.2, -0.15) is 0 Å². The van der Waals surface area contributed by atoms with Gasteiger partial charge in [0.2, 0.25) is 5.54 Å². The number of nitrogens with zero attached hydrogens (tertiary/aromatic N) is 2. The number of halogens is 1. The maximum absolute atomic E-state index is 14.6. The number of rotatable bonds is 3. The highest BCUT2D eigenvalue weighted by atomic mass is 19.1. The predicted molar refractivity (Wildman–Crippen MR) is 110 cm³/mol. The number of nitrogens with one attached hydrogen (secondary N) is 2. The number of dihydropyridines is 1. The van der Waals surface area contributed by atoms with Crippen LogP contribution in [-0.2, 0) is 11.3 Å². The van der Waals surface area contributed by atoms with Crippen molar-refractivity contribution in [3.63, 3.8) is 0 Å². The van der Waals surface area contributed by atoms with E-state index in [1.54, 1.807) is 12.3 Å². The Morgan fingerprint density at radius 2 is 2.10 bits per heavy atom. The lowest BCUT2D eigenvalue weighted by Gasteiger charge is -2.26. The minimum atomic E-state index is -1.66. The topological polar surface area (TPSA) is 100 Å².